The molecule has 0 aliphatic heterocycles. The summed E-state index contributed by atoms with van der Waals surface area (Å²) in [7, 11) is 0. The molecule has 88 valence electrons. The van der Waals surface area contributed by atoms with Gasteiger partial charge in [0.25, 0.3) is 0 Å². The molecule has 0 aliphatic carbocycles. The van der Waals surface area contributed by atoms with Crippen LogP contribution in [0.1, 0.15) is 19.4 Å². The van der Waals surface area contributed by atoms with Gasteiger partial charge in [-0.25, -0.2) is 4.39 Å². The largest absolute Gasteiger partial charge is 0.346 e. The van der Waals surface area contributed by atoms with Gasteiger partial charge in [-0.1, -0.05) is 0 Å². The Morgan fingerprint density at radius 1 is 1.41 bits per heavy atom. The van der Waals surface area contributed by atoms with Crippen LogP contribution in [-0.4, -0.2) is 4.57 Å². The Labute approximate surface area is 100 Å². The van der Waals surface area contributed by atoms with Crippen molar-refractivity contribution >= 4 is 10.9 Å². The molecule has 2 rings (SSSR count). The third-order valence-electron chi connectivity index (χ3n) is 2.92. The third kappa shape index (κ3) is 2.16. The second-order valence-corrected chi connectivity index (χ2v) is 5.10. The first-order valence-electron chi connectivity index (χ1n) is 5.59. The number of rotatable bonds is 2. The second kappa shape index (κ2) is 3.89. The van der Waals surface area contributed by atoms with E-state index in [2.05, 4.69) is 6.07 Å². The molecule has 0 spiro atoms. The fourth-order valence-electron chi connectivity index (χ4n) is 1.93. The molecule has 0 unspecified atom stereocenters. The van der Waals surface area contributed by atoms with Crippen molar-refractivity contribution in [1.29, 1.82) is 5.26 Å². The lowest BCUT2D eigenvalue weighted by molar-refractivity contribution is 0.416. The molecule has 3 heteroatoms. The average Bonchev–Trinajstić information content (AvgIpc) is 2.62. The van der Waals surface area contributed by atoms with E-state index in [1.807, 2.05) is 36.7 Å². The summed E-state index contributed by atoms with van der Waals surface area (Å²) in [4.78, 5) is 0. The van der Waals surface area contributed by atoms with Crippen LogP contribution >= 0.6 is 0 Å². The van der Waals surface area contributed by atoms with E-state index in [0.29, 0.717) is 12.1 Å². The number of halogens is 1. The molecule has 0 amide bonds. The van der Waals surface area contributed by atoms with Crippen molar-refractivity contribution in [2.75, 3.05) is 0 Å². The quantitative estimate of drug-likeness (QED) is 0.774. The zero-order valence-corrected chi connectivity index (χ0v) is 10.3. The normalized spacial score (nSPS) is 11.7. The molecule has 2 nitrogen and oxygen atoms in total. The first-order chi connectivity index (χ1) is 7.93. The first-order valence-corrected chi connectivity index (χ1v) is 5.59. The zero-order chi connectivity index (χ0) is 12.6. The molecule has 0 aliphatic rings. The Bertz CT molecular complexity index is 602. The average molecular weight is 230 g/mol. The van der Waals surface area contributed by atoms with E-state index in [4.69, 9.17) is 5.26 Å². The maximum Gasteiger partial charge on any atom is 0.128 e. The minimum absolute atomic E-state index is 0.202. The van der Waals surface area contributed by atoms with Gasteiger partial charge >= 0.3 is 0 Å². The maximum absolute atomic E-state index is 13.5. The molecule has 17 heavy (non-hydrogen) atoms. The van der Waals surface area contributed by atoms with E-state index in [1.165, 1.54) is 6.07 Å². The van der Waals surface area contributed by atoms with Crippen LogP contribution in [0.2, 0.25) is 0 Å². The van der Waals surface area contributed by atoms with E-state index < -0.39 is 5.41 Å². The van der Waals surface area contributed by atoms with Gasteiger partial charge in [0.15, 0.2) is 0 Å². The first kappa shape index (κ1) is 11.7. The molecular formula is C14H15FN2. The van der Waals surface area contributed by atoms with Gasteiger partial charge in [0.2, 0.25) is 0 Å². The minimum Gasteiger partial charge on any atom is -0.346 e. The molecule has 0 saturated heterocycles. The molecule has 0 radical (unpaired) electrons. The van der Waals surface area contributed by atoms with E-state index in [1.54, 1.807) is 6.92 Å². The van der Waals surface area contributed by atoms with Crippen LogP contribution in [-0.2, 0) is 6.54 Å². The monoisotopic (exact) mass is 230 g/mol. The number of benzene rings is 1. The zero-order valence-electron chi connectivity index (χ0n) is 10.3. The lowest BCUT2D eigenvalue weighted by Crippen LogP contribution is -2.16. The summed E-state index contributed by atoms with van der Waals surface area (Å²) >= 11 is 0. The van der Waals surface area contributed by atoms with Gasteiger partial charge < -0.3 is 4.57 Å². The number of aromatic nitrogens is 1. The molecule has 0 N–H and O–H groups in total. The highest BCUT2D eigenvalue weighted by Gasteiger charge is 2.18. The standard InChI is InChI=1S/C14H15FN2/c1-10-6-11-4-5-17(9-14(2,3)8-16)13(11)7-12(10)15/h4-7H,9H2,1-3H3. The number of hydrogen-bond donors (Lipinski definition) is 0. The van der Waals surface area contributed by atoms with E-state index in [9.17, 15) is 4.39 Å². The summed E-state index contributed by atoms with van der Waals surface area (Å²) < 4.78 is 15.5. The number of nitrogens with zero attached hydrogens (tertiary/aromatic N) is 2. The Kier molecular flexibility index (Phi) is 2.66. The number of hydrogen-bond acceptors (Lipinski definition) is 1. The number of fused-ring (bicyclic) bond motifs is 1. The van der Waals surface area contributed by atoms with Crippen molar-refractivity contribution in [3.63, 3.8) is 0 Å². The molecule has 2 aromatic rings. The SMILES string of the molecule is Cc1cc2ccn(CC(C)(C)C#N)c2cc1F. The summed E-state index contributed by atoms with van der Waals surface area (Å²) in [6, 6.07) is 7.58. The van der Waals surface area contributed by atoms with Gasteiger partial charge in [-0.2, -0.15) is 5.26 Å². The molecule has 1 aromatic carbocycles. The molecule has 0 fully saturated rings. The Hall–Kier alpha value is -1.82. The van der Waals surface area contributed by atoms with Crippen molar-refractivity contribution in [3.8, 4) is 6.07 Å². The summed E-state index contributed by atoms with van der Waals surface area (Å²) in [6.45, 7) is 6.08. The highest BCUT2D eigenvalue weighted by Crippen LogP contribution is 2.24. The molecule has 0 saturated carbocycles. The number of nitriles is 1. The van der Waals surface area contributed by atoms with Crippen LogP contribution in [0.25, 0.3) is 10.9 Å². The van der Waals surface area contributed by atoms with Crippen molar-refractivity contribution < 1.29 is 4.39 Å². The van der Waals surface area contributed by atoms with Crippen LogP contribution in [0.15, 0.2) is 24.4 Å². The van der Waals surface area contributed by atoms with Gasteiger partial charge in [0, 0.05) is 18.1 Å². The third-order valence-corrected chi connectivity index (χ3v) is 2.92. The molecule has 0 atom stereocenters. The Morgan fingerprint density at radius 2 is 2.12 bits per heavy atom. The highest BCUT2D eigenvalue weighted by atomic mass is 19.1. The smallest absolute Gasteiger partial charge is 0.128 e. The lowest BCUT2D eigenvalue weighted by atomic mass is 9.96. The number of aryl methyl sites for hydroxylation is 1. The summed E-state index contributed by atoms with van der Waals surface area (Å²) in [6.07, 6.45) is 1.91. The summed E-state index contributed by atoms with van der Waals surface area (Å²) in [5, 5.41) is 10.0. The lowest BCUT2D eigenvalue weighted by Gasteiger charge is -2.17. The van der Waals surface area contributed by atoms with Crippen LogP contribution in [0.4, 0.5) is 4.39 Å². The fraction of sp³-hybridized carbons (Fsp3) is 0.357. The van der Waals surface area contributed by atoms with Gasteiger partial charge in [-0.15, -0.1) is 0 Å². The van der Waals surface area contributed by atoms with E-state index in [-0.39, 0.29) is 5.82 Å². The highest BCUT2D eigenvalue weighted by molar-refractivity contribution is 5.81. The second-order valence-electron chi connectivity index (χ2n) is 5.10. The van der Waals surface area contributed by atoms with Crippen molar-refractivity contribution in [3.05, 3.63) is 35.8 Å². The van der Waals surface area contributed by atoms with Crippen LogP contribution < -0.4 is 0 Å². The molecule has 1 heterocycles. The molecular weight excluding hydrogens is 215 g/mol. The van der Waals surface area contributed by atoms with E-state index >= 15 is 0 Å². The van der Waals surface area contributed by atoms with Crippen molar-refractivity contribution in [1.82, 2.24) is 4.57 Å². The van der Waals surface area contributed by atoms with Gasteiger partial charge in [0.05, 0.1) is 17.0 Å². The van der Waals surface area contributed by atoms with Gasteiger partial charge in [0.1, 0.15) is 5.82 Å². The van der Waals surface area contributed by atoms with Crippen LogP contribution in [0.5, 0.6) is 0 Å². The van der Waals surface area contributed by atoms with E-state index in [0.717, 1.165) is 10.9 Å². The molecule has 0 bridgehead atoms. The van der Waals surface area contributed by atoms with Gasteiger partial charge in [-0.05, 0) is 44.5 Å². The fourth-order valence-corrected chi connectivity index (χ4v) is 1.93. The van der Waals surface area contributed by atoms with Crippen LogP contribution in [0, 0.1) is 29.5 Å². The Morgan fingerprint density at radius 3 is 2.76 bits per heavy atom. The Balaban J connectivity index is 2.51. The predicted octanol–water partition coefficient (Wildman–Crippen LogP) is 3.64. The maximum atomic E-state index is 13.5. The summed E-state index contributed by atoms with van der Waals surface area (Å²) in [5.74, 6) is -0.202. The molecule has 1 aromatic heterocycles. The summed E-state index contributed by atoms with van der Waals surface area (Å²) in [5.41, 5.74) is 1.04. The van der Waals surface area contributed by atoms with Crippen molar-refractivity contribution in [2.24, 2.45) is 5.41 Å². The van der Waals surface area contributed by atoms with Crippen LogP contribution in [0.3, 0.4) is 0 Å². The van der Waals surface area contributed by atoms with Crippen molar-refractivity contribution in [2.45, 2.75) is 27.3 Å². The topological polar surface area (TPSA) is 28.7 Å². The van der Waals surface area contributed by atoms with Gasteiger partial charge in [-0.3, -0.25) is 0 Å². The predicted molar refractivity (Wildman–Crippen MR) is 66.0 cm³/mol. The minimum atomic E-state index is -0.451.